The number of benzene rings is 1. The predicted octanol–water partition coefficient (Wildman–Crippen LogP) is 4.68. The van der Waals surface area contributed by atoms with Gasteiger partial charge in [0.25, 0.3) is 5.69 Å². The Morgan fingerprint density at radius 1 is 1.19 bits per heavy atom. The Morgan fingerprint density at radius 2 is 2.05 bits per heavy atom. The summed E-state index contributed by atoms with van der Waals surface area (Å²) >= 11 is 1.66. The lowest BCUT2D eigenvalue weighted by Gasteiger charge is -2.00. The van der Waals surface area contributed by atoms with Gasteiger partial charge in [-0.15, -0.1) is 11.3 Å². The first-order valence-electron chi connectivity index (χ1n) is 6.41. The van der Waals surface area contributed by atoms with Crippen molar-refractivity contribution in [3.63, 3.8) is 0 Å². The van der Waals surface area contributed by atoms with E-state index in [4.69, 9.17) is 0 Å². The van der Waals surface area contributed by atoms with Crippen LogP contribution in [0, 0.1) is 17.0 Å². The van der Waals surface area contributed by atoms with Gasteiger partial charge < -0.3 is 0 Å². The quantitative estimate of drug-likeness (QED) is 0.520. The number of nitro benzene ring substituents is 1. The van der Waals surface area contributed by atoms with Crippen LogP contribution < -0.4 is 0 Å². The van der Waals surface area contributed by atoms with E-state index in [1.807, 2.05) is 35.7 Å². The minimum atomic E-state index is -0.397. The molecule has 0 aliphatic rings. The van der Waals surface area contributed by atoms with E-state index in [2.05, 4.69) is 18.0 Å². The Labute approximate surface area is 125 Å². The Kier molecular flexibility index (Phi) is 3.50. The van der Waals surface area contributed by atoms with E-state index < -0.39 is 4.92 Å². The maximum atomic E-state index is 11.1. The van der Waals surface area contributed by atoms with E-state index in [1.54, 1.807) is 17.4 Å². The van der Waals surface area contributed by atoms with Gasteiger partial charge in [-0.1, -0.05) is 18.2 Å². The number of nitro groups is 1. The highest BCUT2D eigenvalue weighted by molar-refractivity contribution is 7.11. The lowest BCUT2D eigenvalue weighted by Crippen LogP contribution is -1.92. The molecule has 0 saturated carbocycles. The van der Waals surface area contributed by atoms with Crippen LogP contribution in [-0.4, -0.2) is 9.91 Å². The second kappa shape index (κ2) is 5.46. The molecule has 4 nitrogen and oxygen atoms in total. The number of aromatic nitrogens is 1. The third-order valence-electron chi connectivity index (χ3n) is 3.22. The SMILES string of the molecule is Cc1ccsc1C=Cc1ccc2cccc([N+](=O)[O-])c2n1. The van der Waals surface area contributed by atoms with Gasteiger partial charge in [0.05, 0.1) is 10.6 Å². The Bertz CT molecular complexity index is 852. The van der Waals surface area contributed by atoms with Crippen molar-refractivity contribution < 1.29 is 4.92 Å². The Morgan fingerprint density at radius 3 is 2.76 bits per heavy atom. The van der Waals surface area contributed by atoms with Crippen LogP contribution in [0.2, 0.25) is 0 Å². The molecule has 2 heterocycles. The minimum Gasteiger partial charge on any atom is -0.258 e. The summed E-state index contributed by atoms with van der Waals surface area (Å²) in [6.07, 6.45) is 3.87. The van der Waals surface area contributed by atoms with Crippen LogP contribution in [0.25, 0.3) is 23.1 Å². The number of nitrogens with zero attached hydrogens (tertiary/aromatic N) is 2. The summed E-state index contributed by atoms with van der Waals surface area (Å²) in [6.45, 7) is 2.05. The fraction of sp³-hybridized carbons (Fsp3) is 0.0625. The van der Waals surface area contributed by atoms with Crippen molar-refractivity contribution >= 4 is 40.1 Å². The molecule has 0 radical (unpaired) electrons. The second-order valence-electron chi connectivity index (χ2n) is 4.64. The molecule has 0 aliphatic carbocycles. The molecule has 104 valence electrons. The molecule has 0 aliphatic heterocycles. The zero-order chi connectivity index (χ0) is 14.8. The maximum Gasteiger partial charge on any atom is 0.295 e. The maximum absolute atomic E-state index is 11.1. The van der Waals surface area contributed by atoms with E-state index in [9.17, 15) is 10.1 Å². The van der Waals surface area contributed by atoms with Crippen LogP contribution in [0.3, 0.4) is 0 Å². The number of aryl methyl sites for hydroxylation is 1. The van der Waals surface area contributed by atoms with Crippen molar-refractivity contribution in [2.75, 3.05) is 0 Å². The van der Waals surface area contributed by atoms with Gasteiger partial charge in [0.1, 0.15) is 5.52 Å². The lowest BCUT2D eigenvalue weighted by atomic mass is 10.1. The second-order valence-corrected chi connectivity index (χ2v) is 5.59. The van der Waals surface area contributed by atoms with E-state index >= 15 is 0 Å². The van der Waals surface area contributed by atoms with Gasteiger partial charge in [0.2, 0.25) is 0 Å². The topological polar surface area (TPSA) is 56.0 Å². The van der Waals surface area contributed by atoms with Crippen LogP contribution >= 0.6 is 11.3 Å². The van der Waals surface area contributed by atoms with Gasteiger partial charge in [-0.3, -0.25) is 10.1 Å². The van der Waals surface area contributed by atoms with E-state index in [1.165, 1.54) is 16.5 Å². The highest BCUT2D eigenvalue weighted by Gasteiger charge is 2.12. The molecule has 0 amide bonds. The van der Waals surface area contributed by atoms with Crippen LogP contribution in [0.4, 0.5) is 5.69 Å². The number of hydrogen-bond donors (Lipinski definition) is 0. The fourth-order valence-electron chi connectivity index (χ4n) is 2.10. The highest BCUT2D eigenvalue weighted by Crippen LogP contribution is 2.24. The fourth-order valence-corrected chi connectivity index (χ4v) is 2.92. The molecule has 3 aromatic rings. The van der Waals surface area contributed by atoms with Gasteiger partial charge in [0.15, 0.2) is 0 Å². The van der Waals surface area contributed by atoms with Gasteiger partial charge >= 0.3 is 0 Å². The molecule has 5 heteroatoms. The third kappa shape index (κ3) is 2.68. The summed E-state index contributed by atoms with van der Waals surface area (Å²) in [6, 6.07) is 10.8. The van der Waals surface area contributed by atoms with Crippen molar-refractivity contribution in [2.24, 2.45) is 0 Å². The first-order valence-corrected chi connectivity index (χ1v) is 7.29. The van der Waals surface area contributed by atoms with Crippen molar-refractivity contribution in [3.05, 3.63) is 68.0 Å². The average Bonchev–Trinajstić information content (AvgIpc) is 2.89. The number of hydrogen-bond acceptors (Lipinski definition) is 4. The summed E-state index contributed by atoms with van der Waals surface area (Å²) in [7, 11) is 0. The standard InChI is InChI=1S/C16H12N2O2S/c1-11-9-10-21-15(11)8-7-13-6-5-12-3-2-4-14(18(19)20)16(12)17-13/h2-10H,1H3. The number of thiophene rings is 1. The lowest BCUT2D eigenvalue weighted by molar-refractivity contribution is -0.383. The van der Waals surface area contributed by atoms with E-state index in [0.717, 1.165) is 5.39 Å². The smallest absolute Gasteiger partial charge is 0.258 e. The van der Waals surface area contributed by atoms with Crippen molar-refractivity contribution in [2.45, 2.75) is 6.92 Å². The third-order valence-corrected chi connectivity index (χ3v) is 4.21. The zero-order valence-electron chi connectivity index (χ0n) is 11.3. The molecule has 0 saturated heterocycles. The van der Waals surface area contributed by atoms with Crippen LogP contribution in [0.15, 0.2) is 41.8 Å². The number of pyridine rings is 1. The van der Waals surface area contributed by atoms with E-state index in [-0.39, 0.29) is 5.69 Å². The average molecular weight is 296 g/mol. The molecular formula is C16H12N2O2S. The van der Waals surface area contributed by atoms with Crippen LogP contribution in [-0.2, 0) is 0 Å². The van der Waals surface area contributed by atoms with Gasteiger partial charge in [-0.25, -0.2) is 4.98 Å². The Hall–Kier alpha value is -2.53. The number of para-hydroxylation sites is 1. The molecule has 0 N–H and O–H groups in total. The number of non-ortho nitro benzene ring substituents is 1. The van der Waals surface area contributed by atoms with E-state index in [0.29, 0.717) is 11.2 Å². The monoisotopic (exact) mass is 296 g/mol. The first-order chi connectivity index (χ1) is 10.1. The number of rotatable bonds is 3. The largest absolute Gasteiger partial charge is 0.295 e. The molecule has 0 bridgehead atoms. The van der Waals surface area contributed by atoms with Crippen LogP contribution in [0.1, 0.15) is 16.1 Å². The summed E-state index contributed by atoms with van der Waals surface area (Å²) in [5.41, 5.74) is 2.38. The Balaban J connectivity index is 2.05. The first kappa shape index (κ1) is 13.5. The molecule has 21 heavy (non-hydrogen) atoms. The molecular weight excluding hydrogens is 284 g/mol. The highest BCUT2D eigenvalue weighted by atomic mass is 32.1. The van der Waals surface area contributed by atoms with Crippen molar-refractivity contribution in [1.29, 1.82) is 0 Å². The van der Waals surface area contributed by atoms with Crippen molar-refractivity contribution in [3.8, 4) is 0 Å². The van der Waals surface area contributed by atoms with Crippen molar-refractivity contribution in [1.82, 2.24) is 4.98 Å². The summed E-state index contributed by atoms with van der Waals surface area (Å²) in [4.78, 5) is 16.2. The van der Waals surface area contributed by atoms with Gasteiger partial charge in [-0.05, 0) is 42.2 Å². The molecule has 1 aromatic carbocycles. The zero-order valence-corrected chi connectivity index (χ0v) is 12.1. The summed E-state index contributed by atoms with van der Waals surface area (Å²) < 4.78 is 0. The minimum absolute atomic E-state index is 0.0371. The summed E-state index contributed by atoms with van der Waals surface area (Å²) in [5, 5.41) is 13.9. The molecule has 0 unspecified atom stereocenters. The predicted molar refractivity (Wildman–Crippen MR) is 86.4 cm³/mol. The normalized spacial score (nSPS) is 11.3. The summed E-state index contributed by atoms with van der Waals surface area (Å²) in [5.74, 6) is 0. The molecule has 0 fully saturated rings. The van der Waals surface area contributed by atoms with Crippen LogP contribution in [0.5, 0.6) is 0 Å². The molecule has 2 aromatic heterocycles. The van der Waals surface area contributed by atoms with Gasteiger partial charge in [-0.2, -0.15) is 0 Å². The van der Waals surface area contributed by atoms with Gasteiger partial charge in [0, 0.05) is 16.3 Å². The molecule has 3 rings (SSSR count). The molecule has 0 spiro atoms. The number of fused-ring (bicyclic) bond motifs is 1. The molecule has 0 atom stereocenters.